The molecule has 0 radical (unpaired) electrons. The average molecular weight is 565 g/mol. The highest BCUT2D eigenvalue weighted by molar-refractivity contribution is 7.10. The molecule has 1 N–H and O–H groups in total. The summed E-state index contributed by atoms with van der Waals surface area (Å²) in [6.45, 7) is 1.48. The monoisotopic (exact) mass is 564 g/mol. The smallest absolute Gasteiger partial charge is 0.248 e. The summed E-state index contributed by atoms with van der Waals surface area (Å²) in [5.41, 5.74) is 1.39. The summed E-state index contributed by atoms with van der Waals surface area (Å²) in [7, 11) is 4.53. The number of benzene rings is 2. The highest BCUT2D eigenvalue weighted by Crippen LogP contribution is 2.42. The Kier molecular flexibility index (Phi) is 9.82. The Morgan fingerprint density at radius 2 is 1.65 bits per heavy atom. The number of Topliss-reactive ketones (excluding diaryl/α,β-unsaturated/α-hetero) is 1. The molecule has 0 saturated heterocycles. The maximum absolute atomic E-state index is 14.2. The van der Waals surface area contributed by atoms with Gasteiger partial charge in [0.1, 0.15) is 6.04 Å². The number of nitrogens with zero attached hydrogens (tertiary/aromatic N) is 1. The third-order valence-corrected chi connectivity index (χ3v) is 8.04. The molecule has 1 heterocycles. The lowest BCUT2D eigenvalue weighted by Gasteiger charge is -2.34. The van der Waals surface area contributed by atoms with E-state index in [1.54, 1.807) is 36.4 Å². The average Bonchev–Trinajstić information content (AvgIpc) is 3.48. The quantitative estimate of drug-likeness (QED) is 0.299. The van der Waals surface area contributed by atoms with Gasteiger partial charge in [0.05, 0.1) is 27.8 Å². The number of rotatable bonds is 11. The number of anilines is 1. The van der Waals surface area contributed by atoms with Crippen molar-refractivity contribution in [2.45, 2.75) is 57.5 Å². The summed E-state index contributed by atoms with van der Waals surface area (Å²) in [5, 5.41) is 5.12. The summed E-state index contributed by atoms with van der Waals surface area (Å²) in [4.78, 5) is 43.0. The number of ketones is 1. The number of carbonyl (C=O) groups is 3. The van der Waals surface area contributed by atoms with Crippen molar-refractivity contribution in [1.29, 1.82) is 0 Å². The second kappa shape index (κ2) is 13.5. The number of nitrogens with one attached hydrogen (secondary N) is 1. The van der Waals surface area contributed by atoms with Crippen molar-refractivity contribution in [3.05, 3.63) is 69.9 Å². The Morgan fingerprint density at radius 3 is 2.23 bits per heavy atom. The number of hydrogen-bond donors (Lipinski definition) is 1. The number of thiophene rings is 1. The van der Waals surface area contributed by atoms with E-state index in [4.69, 9.17) is 14.2 Å². The van der Waals surface area contributed by atoms with Gasteiger partial charge >= 0.3 is 0 Å². The van der Waals surface area contributed by atoms with Crippen LogP contribution in [0.5, 0.6) is 17.2 Å². The molecular weight excluding hydrogens is 528 g/mol. The van der Waals surface area contributed by atoms with E-state index in [2.05, 4.69) is 5.32 Å². The Bertz CT molecular complexity index is 1310. The number of ether oxygens (including phenoxy) is 3. The molecule has 8 nitrogen and oxygen atoms in total. The van der Waals surface area contributed by atoms with Crippen LogP contribution in [-0.4, -0.2) is 45.0 Å². The van der Waals surface area contributed by atoms with E-state index in [0.29, 0.717) is 34.1 Å². The van der Waals surface area contributed by atoms with Gasteiger partial charge in [0.15, 0.2) is 17.3 Å². The fourth-order valence-corrected chi connectivity index (χ4v) is 5.86. The van der Waals surface area contributed by atoms with Gasteiger partial charge in [-0.25, -0.2) is 0 Å². The molecule has 2 amide bonds. The van der Waals surface area contributed by atoms with Gasteiger partial charge in [-0.1, -0.05) is 37.5 Å². The molecule has 1 aromatic heterocycles. The minimum atomic E-state index is -1.06. The first-order valence-corrected chi connectivity index (χ1v) is 14.3. The molecule has 1 aliphatic rings. The summed E-state index contributed by atoms with van der Waals surface area (Å²) in [5.74, 6) is 0.402. The van der Waals surface area contributed by atoms with Crippen molar-refractivity contribution >= 4 is 34.6 Å². The summed E-state index contributed by atoms with van der Waals surface area (Å²) < 4.78 is 16.7. The number of carbonyl (C=O) groups excluding carboxylic acids is 3. The molecule has 3 aromatic rings. The molecule has 1 atom stereocenters. The van der Waals surface area contributed by atoms with Gasteiger partial charge in [-0.15, -0.1) is 11.3 Å². The van der Waals surface area contributed by atoms with Crippen molar-refractivity contribution in [3.8, 4) is 17.2 Å². The molecule has 1 unspecified atom stereocenters. The Morgan fingerprint density at radius 1 is 0.950 bits per heavy atom. The molecule has 0 aliphatic heterocycles. The molecule has 4 rings (SSSR count). The molecular formula is C31H36N2O6S. The van der Waals surface area contributed by atoms with Crippen LogP contribution in [0.3, 0.4) is 0 Å². The maximum Gasteiger partial charge on any atom is 0.248 e. The molecule has 0 spiro atoms. The predicted octanol–water partition coefficient (Wildman–Crippen LogP) is 5.74. The van der Waals surface area contributed by atoms with E-state index < -0.39 is 6.04 Å². The molecule has 9 heteroatoms. The minimum Gasteiger partial charge on any atom is -0.493 e. The fourth-order valence-electron chi connectivity index (χ4n) is 5.16. The number of amides is 2. The number of methoxy groups -OCH3 is 3. The lowest BCUT2D eigenvalue weighted by Crippen LogP contribution is -2.47. The lowest BCUT2D eigenvalue weighted by atomic mass is 9.94. The van der Waals surface area contributed by atoms with Crippen LogP contribution in [-0.2, 0) is 16.0 Å². The third kappa shape index (κ3) is 6.65. The Labute approximate surface area is 239 Å². The zero-order valence-electron chi connectivity index (χ0n) is 23.4. The molecule has 0 bridgehead atoms. The minimum absolute atomic E-state index is 0.0172. The van der Waals surface area contributed by atoms with Crippen LogP contribution in [0.4, 0.5) is 5.69 Å². The van der Waals surface area contributed by atoms with E-state index in [1.165, 1.54) is 44.5 Å². The first kappa shape index (κ1) is 29.1. The van der Waals surface area contributed by atoms with Crippen LogP contribution in [0.1, 0.15) is 65.9 Å². The van der Waals surface area contributed by atoms with Crippen molar-refractivity contribution in [2.75, 3.05) is 26.2 Å². The molecule has 1 aliphatic carbocycles. The van der Waals surface area contributed by atoms with Gasteiger partial charge in [0, 0.05) is 22.2 Å². The molecule has 1 saturated carbocycles. The van der Waals surface area contributed by atoms with E-state index in [1.807, 2.05) is 17.5 Å². The van der Waals surface area contributed by atoms with Crippen LogP contribution in [0.2, 0.25) is 0 Å². The maximum atomic E-state index is 14.2. The lowest BCUT2D eigenvalue weighted by molar-refractivity contribution is -0.127. The first-order valence-electron chi connectivity index (χ1n) is 13.4. The van der Waals surface area contributed by atoms with Crippen molar-refractivity contribution in [2.24, 2.45) is 0 Å². The van der Waals surface area contributed by atoms with Gasteiger partial charge in [0.25, 0.3) is 0 Å². The van der Waals surface area contributed by atoms with Crippen LogP contribution in [0.25, 0.3) is 0 Å². The SMILES string of the molecule is COc1cc(C(C(=O)NC2CCCCC2)N(C(=O)Cc2cccs2)c2cccc(C(C)=O)c2)cc(OC)c1OC. The van der Waals surface area contributed by atoms with Gasteiger partial charge in [0.2, 0.25) is 17.6 Å². The zero-order chi connectivity index (χ0) is 28.6. The Balaban J connectivity index is 1.89. The van der Waals surface area contributed by atoms with Crippen molar-refractivity contribution < 1.29 is 28.6 Å². The summed E-state index contributed by atoms with van der Waals surface area (Å²) >= 11 is 1.47. The van der Waals surface area contributed by atoms with Crippen molar-refractivity contribution in [1.82, 2.24) is 5.32 Å². The first-order chi connectivity index (χ1) is 19.4. The molecule has 2 aromatic carbocycles. The van der Waals surface area contributed by atoms with E-state index in [9.17, 15) is 14.4 Å². The summed E-state index contributed by atoms with van der Waals surface area (Å²) in [6, 6.07) is 13.0. The Hall–Kier alpha value is -3.85. The van der Waals surface area contributed by atoms with Gasteiger partial charge in [-0.3, -0.25) is 19.3 Å². The van der Waals surface area contributed by atoms with Crippen LogP contribution in [0, 0.1) is 0 Å². The standard InChI is InChI=1S/C31H36N2O6S/c1-20(34)21-10-8-13-24(16-21)33(28(35)19-25-14-9-15-40-25)29(31(36)32-23-11-6-5-7-12-23)22-17-26(37-2)30(39-4)27(18-22)38-3/h8-10,13-18,23,29H,5-7,11-12,19H2,1-4H3,(H,32,36). The molecule has 1 fully saturated rings. The highest BCUT2D eigenvalue weighted by Gasteiger charge is 2.36. The van der Waals surface area contributed by atoms with E-state index in [0.717, 1.165) is 37.0 Å². The van der Waals surface area contributed by atoms with Crippen LogP contribution >= 0.6 is 11.3 Å². The van der Waals surface area contributed by atoms with Crippen LogP contribution < -0.4 is 24.4 Å². The normalized spacial score (nSPS) is 14.2. The third-order valence-electron chi connectivity index (χ3n) is 7.17. The highest BCUT2D eigenvalue weighted by atomic mass is 32.1. The van der Waals surface area contributed by atoms with E-state index in [-0.39, 0.29) is 30.1 Å². The number of hydrogen-bond acceptors (Lipinski definition) is 7. The van der Waals surface area contributed by atoms with Gasteiger partial charge in [-0.05, 0) is 61.0 Å². The van der Waals surface area contributed by atoms with Gasteiger partial charge in [-0.2, -0.15) is 0 Å². The van der Waals surface area contributed by atoms with Gasteiger partial charge < -0.3 is 19.5 Å². The van der Waals surface area contributed by atoms with Crippen LogP contribution in [0.15, 0.2) is 53.9 Å². The predicted molar refractivity (Wildman–Crippen MR) is 156 cm³/mol. The topological polar surface area (TPSA) is 94.2 Å². The van der Waals surface area contributed by atoms with Crippen molar-refractivity contribution in [3.63, 3.8) is 0 Å². The second-order valence-corrected chi connectivity index (χ2v) is 10.9. The zero-order valence-corrected chi connectivity index (χ0v) is 24.2. The van der Waals surface area contributed by atoms with E-state index >= 15 is 0 Å². The fraction of sp³-hybridized carbons (Fsp3) is 0.387. The molecule has 212 valence electrons. The molecule has 40 heavy (non-hydrogen) atoms. The largest absolute Gasteiger partial charge is 0.493 e. The summed E-state index contributed by atoms with van der Waals surface area (Å²) in [6.07, 6.45) is 5.10. The second-order valence-electron chi connectivity index (χ2n) is 9.83.